The molecule has 1 fully saturated rings. The van der Waals surface area contributed by atoms with Crippen molar-refractivity contribution in [3.8, 4) is 0 Å². The highest BCUT2D eigenvalue weighted by atomic mass is 16.6. The lowest BCUT2D eigenvalue weighted by molar-refractivity contribution is -0.0349. The van der Waals surface area contributed by atoms with E-state index in [0.717, 1.165) is 30.4 Å². The molecular weight excluding hydrogens is 412 g/mol. The van der Waals surface area contributed by atoms with Gasteiger partial charge in [0, 0.05) is 11.8 Å². The van der Waals surface area contributed by atoms with Gasteiger partial charge in [0.15, 0.2) is 0 Å². The van der Waals surface area contributed by atoms with Crippen molar-refractivity contribution in [1.29, 1.82) is 0 Å². The third-order valence-corrected chi connectivity index (χ3v) is 7.14. The summed E-state index contributed by atoms with van der Waals surface area (Å²) in [6.07, 6.45) is 1.31. The van der Waals surface area contributed by atoms with Crippen LogP contribution in [0.5, 0.6) is 0 Å². The van der Waals surface area contributed by atoms with Gasteiger partial charge >= 0.3 is 11.9 Å². The molecule has 4 atom stereocenters. The van der Waals surface area contributed by atoms with Crippen molar-refractivity contribution in [3.63, 3.8) is 0 Å². The molecule has 2 aliphatic carbocycles. The van der Waals surface area contributed by atoms with Crippen molar-refractivity contribution in [3.05, 3.63) is 106 Å². The molecule has 0 spiro atoms. The second-order valence-electron chi connectivity index (χ2n) is 8.84. The molecule has 3 aromatic carbocycles. The number of esters is 2. The van der Waals surface area contributed by atoms with E-state index in [-0.39, 0.29) is 23.8 Å². The number of rotatable bonds is 6. The average Bonchev–Trinajstić information content (AvgIpc) is 3.41. The maximum atomic E-state index is 13.2. The summed E-state index contributed by atoms with van der Waals surface area (Å²) in [5.41, 5.74) is 5.47. The molecule has 4 unspecified atom stereocenters. The minimum atomic E-state index is -0.500. The maximum absolute atomic E-state index is 13.2. The van der Waals surface area contributed by atoms with Crippen molar-refractivity contribution in [2.75, 3.05) is 0 Å². The molecule has 5 rings (SSSR count). The maximum Gasteiger partial charge on any atom is 0.338 e. The van der Waals surface area contributed by atoms with Gasteiger partial charge in [-0.1, -0.05) is 74.5 Å². The van der Waals surface area contributed by atoms with Gasteiger partial charge in [0.2, 0.25) is 0 Å². The van der Waals surface area contributed by atoms with Crippen molar-refractivity contribution >= 4 is 11.9 Å². The summed E-state index contributed by atoms with van der Waals surface area (Å²) in [7, 11) is 0. The van der Waals surface area contributed by atoms with E-state index >= 15 is 0 Å². The number of carbonyl (C=O) groups excluding carboxylic acids is 2. The minimum absolute atomic E-state index is 0.0307. The zero-order chi connectivity index (χ0) is 22.9. The van der Waals surface area contributed by atoms with Crippen LogP contribution >= 0.6 is 0 Å². The van der Waals surface area contributed by atoms with E-state index in [2.05, 4.69) is 12.1 Å². The Bertz CT molecular complexity index is 1100. The van der Waals surface area contributed by atoms with Crippen LogP contribution in [0.1, 0.15) is 75.1 Å². The van der Waals surface area contributed by atoms with Crippen molar-refractivity contribution < 1.29 is 19.1 Å². The number of benzene rings is 3. The molecule has 33 heavy (non-hydrogen) atoms. The van der Waals surface area contributed by atoms with E-state index < -0.39 is 12.2 Å². The molecule has 0 saturated heterocycles. The van der Waals surface area contributed by atoms with Gasteiger partial charge in [0.1, 0.15) is 12.2 Å². The number of fused-ring (bicyclic) bond motifs is 5. The Balaban J connectivity index is 1.46. The van der Waals surface area contributed by atoms with Crippen LogP contribution in [0.4, 0.5) is 0 Å². The lowest BCUT2D eigenvalue weighted by Crippen LogP contribution is -2.39. The lowest BCUT2D eigenvalue weighted by atomic mass is 9.87. The quantitative estimate of drug-likeness (QED) is 0.452. The highest BCUT2D eigenvalue weighted by Crippen LogP contribution is 2.55. The Labute approximate surface area is 194 Å². The predicted molar refractivity (Wildman–Crippen MR) is 127 cm³/mol. The molecule has 1 saturated carbocycles. The molecule has 0 aromatic heterocycles. The molecule has 0 heterocycles. The van der Waals surface area contributed by atoms with Gasteiger partial charge in [-0.2, -0.15) is 0 Å². The second-order valence-corrected chi connectivity index (χ2v) is 8.84. The molecule has 3 aromatic rings. The number of hydrogen-bond donors (Lipinski definition) is 0. The molecule has 0 N–H and O–H groups in total. The molecule has 2 bridgehead atoms. The van der Waals surface area contributed by atoms with Gasteiger partial charge in [-0.05, 0) is 53.6 Å². The van der Waals surface area contributed by atoms with E-state index in [1.54, 1.807) is 12.1 Å². The van der Waals surface area contributed by atoms with E-state index in [1.807, 2.05) is 62.4 Å². The number of ether oxygens (including phenoxy) is 2. The van der Waals surface area contributed by atoms with Crippen molar-refractivity contribution in [2.45, 2.75) is 57.2 Å². The lowest BCUT2D eigenvalue weighted by Gasteiger charge is -2.32. The Morgan fingerprint density at radius 1 is 0.667 bits per heavy atom. The summed E-state index contributed by atoms with van der Waals surface area (Å²) in [5, 5.41) is 0. The monoisotopic (exact) mass is 440 g/mol. The van der Waals surface area contributed by atoms with Gasteiger partial charge < -0.3 is 9.47 Å². The number of aryl methyl sites for hydroxylation is 2. The first kappa shape index (κ1) is 21.4. The van der Waals surface area contributed by atoms with Gasteiger partial charge in [-0.3, -0.25) is 0 Å². The first-order chi connectivity index (χ1) is 16.1. The Morgan fingerprint density at radius 2 is 1.06 bits per heavy atom. The van der Waals surface area contributed by atoms with Crippen LogP contribution in [0, 0.1) is 0 Å². The van der Waals surface area contributed by atoms with Crippen LogP contribution in [-0.4, -0.2) is 24.1 Å². The summed E-state index contributed by atoms with van der Waals surface area (Å²) in [4.78, 5) is 26.4. The summed E-state index contributed by atoms with van der Waals surface area (Å²) in [6.45, 7) is 4.05. The van der Waals surface area contributed by atoms with E-state index in [4.69, 9.17) is 9.47 Å². The molecule has 4 nitrogen and oxygen atoms in total. The summed E-state index contributed by atoms with van der Waals surface area (Å²) in [6, 6.07) is 23.3. The first-order valence-electron chi connectivity index (χ1n) is 11.8. The Hall–Kier alpha value is -3.40. The summed E-state index contributed by atoms with van der Waals surface area (Å²) >= 11 is 0. The fourth-order valence-corrected chi connectivity index (χ4v) is 5.52. The zero-order valence-electron chi connectivity index (χ0n) is 19.0. The summed E-state index contributed by atoms with van der Waals surface area (Å²) in [5.74, 6) is -0.638. The topological polar surface area (TPSA) is 52.6 Å². The van der Waals surface area contributed by atoms with Crippen molar-refractivity contribution in [2.24, 2.45) is 0 Å². The fourth-order valence-electron chi connectivity index (χ4n) is 5.52. The van der Waals surface area contributed by atoms with Crippen LogP contribution in [0.3, 0.4) is 0 Å². The van der Waals surface area contributed by atoms with E-state index in [0.29, 0.717) is 11.1 Å². The fraction of sp³-hybridized carbons (Fsp3) is 0.310. The van der Waals surface area contributed by atoms with Crippen molar-refractivity contribution in [1.82, 2.24) is 0 Å². The van der Waals surface area contributed by atoms with Crippen LogP contribution < -0.4 is 0 Å². The van der Waals surface area contributed by atoms with Gasteiger partial charge in [0.05, 0.1) is 11.1 Å². The minimum Gasteiger partial charge on any atom is -0.454 e. The molecule has 2 aliphatic rings. The van der Waals surface area contributed by atoms with Gasteiger partial charge in [-0.25, -0.2) is 9.59 Å². The largest absolute Gasteiger partial charge is 0.454 e. The first-order valence-corrected chi connectivity index (χ1v) is 11.8. The van der Waals surface area contributed by atoms with Crippen LogP contribution in [0.15, 0.2) is 72.8 Å². The molecule has 168 valence electrons. The highest BCUT2D eigenvalue weighted by Gasteiger charge is 2.55. The molecule has 4 heteroatoms. The Kier molecular flexibility index (Phi) is 5.76. The summed E-state index contributed by atoms with van der Waals surface area (Å²) < 4.78 is 12.2. The third kappa shape index (κ3) is 3.74. The van der Waals surface area contributed by atoms with Crippen LogP contribution in [-0.2, 0) is 22.3 Å². The van der Waals surface area contributed by atoms with Crippen LogP contribution in [0.25, 0.3) is 0 Å². The molecule has 0 amide bonds. The Morgan fingerprint density at radius 3 is 1.48 bits per heavy atom. The smallest absolute Gasteiger partial charge is 0.338 e. The number of carbonyl (C=O) groups is 2. The zero-order valence-corrected chi connectivity index (χ0v) is 19.0. The molecular formula is C29H28O4. The molecule has 0 radical (unpaired) electrons. The van der Waals surface area contributed by atoms with Crippen LogP contribution in [0.2, 0.25) is 0 Å². The predicted octanol–water partition coefficient (Wildman–Crippen LogP) is 5.85. The van der Waals surface area contributed by atoms with E-state index in [9.17, 15) is 9.59 Å². The third-order valence-electron chi connectivity index (χ3n) is 7.14. The van der Waals surface area contributed by atoms with Gasteiger partial charge in [0.25, 0.3) is 0 Å². The average molecular weight is 441 g/mol. The standard InChI is InChI=1S/C29H28O4/c1-3-18-11-5-7-13-20(18)28(30)32-26-24-17-25(23-16-10-9-15-22(23)24)27(26)33-29(31)21-14-8-6-12-19(21)4-2/h5-16,24-27H,3-4,17H2,1-2H3. The second kappa shape index (κ2) is 8.86. The highest BCUT2D eigenvalue weighted by molar-refractivity contribution is 5.92. The number of hydrogen-bond acceptors (Lipinski definition) is 4. The SMILES string of the molecule is CCc1ccccc1C(=O)OC1C2CC(c3ccccc32)C1OC(=O)c1ccccc1CC. The molecule has 0 aliphatic heterocycles. The van der Waals surface area contributed by atoms with E-state index in [1.165, 1.54) is 11.1 Å². The van der Waals surface area contributed by atoms with Gasteiger partial charge in [-0.15, -0.1) is 0 Å². The normalized spacial score (nSPS) is 22.6.